The van der Waals surface area contributed by atoms with Gasteiger partial charge in [-0.15, -0.1) is 11.3 Å². The number of carbonyl (C=O) groups excluding carboxylic acids is 2. The van der Waals surface area contributed by atoms with Gasteiger partial charge in [-0.25, -0.2) is 4.39 Å². The van der Waals surface area contributed by atoms with Gasteiger partial charge in [0.1, 0.15) is 5.82 Å². The first-order valence-electron chi connectivity index (χ1n) is 7.36. The number of rotatable bonds is 5. The van der Waals surface area contributed by atoms with Crippen LogP contribution in [0.1, 0.15) is 30.5 Å². The first-order valence-corrected chi connectivity index (χ1v) is 8.17. The second kappa shape index (κ2) is 7.19. The van der Waals surface area contributed by atoms with E-state index in [4.69, 9.17) is 0 Å². The molecule has 0 spiro atoms. The van der Waals surface area contributed by atoms with Crippen molar-refractivity contribution in [3.05, 3.63) is 93.4 Å². The maximum Gasteiger partial charge on any atom is 0.251 e. The highest BCUT2D eigenvalue weighted by Gasteiger charge is 2.12. The minimum Gasteiger partial charge on any atom is -0.347 e. The van der Waals surface area contributed by atoms with Crippen molar-refractivity contribution in [2.24, 2.45) is 0 Å². The van der Waals surface area contributed by atoms with Crippen LogP contribution in [-0.2, 0) is 6.54 Å². The predicted molar refractivity (Wildman–Crippen MR) is 91.8 cm³/mol. The summed E-state index contributed by atoms with van der Waals surface area (Å²) in [4.78, 5) is 25.8. The molecule has 1 aromatic heterocycles. The molecule has 5 heteroatoms. The van der Waals surface area contributed by atoms with Crippen molar-refractivity contribution in [3.63, 3.8) is 0 Å². The SMILES string of the molecule is O=C(NCc1ccc(C(=O)c2ccccc2)s1)c1ccc(F)cc1. The van der Waals surface area contributed by atoms with E-state index in [0.717, 1.165) is 4.88 Å². The number of benzene rings is 2. The van der Waals surface area contributed by atoms with E-state index < -0.39 is 0 Å². The molecule has 2 aromatic carbocycles. The highest BCUT2D eigenvalue weighted by molar-refractivity contribution is 7.14. The largest absolute Gasteiger partial charge is 0.347 e. The fourth-order valence-corrected chi connectivity index (χ4v) is 3.11. The molecule has 0 aliphatic carbocycles. The summed E-state index contributed by atoms with van der Waals surface area (Å²) in [5.74, 6) is -0.690. The predicted octanol–water partition coefficient (Wildman–Crippen LogP) is 4.05. The second-order valence-electron chi connectivity index (χ2n) is 5.15. The monoisotopic (exact) mass is 339 g/mol. The summed E-state index contributed by atoms with van der Waals surface area (Å²) in [6.07, 6.45) is 0. The van der Waals surface area contributed by atoms with Gasteiger partial charge in [0.05, 0.1) is 11.4 Å². The molecule has 0 unspecified atom stereocenters. The lowest BCUT2D eigenvalue weighted by atomic mass is 10.1. The van der Waals surface area contributed by atoms with E-state index >= 15 is 0 Å². The lowest BCUT2D eigenvalue weighted by Crippen LogP contribution is -2.22. The minimum atomic E-state index is -0.381. The molecule has 1 N–H and O–H groups in total. The van der Waals surface area contributed by atoms with E-state index in [1.54, 1.807) is 18.2 Å². The van der Waals surface area contributed by atoms with Gasteiger partial charge in [0.15, 0.2) is 0 Å². The quantitative estimate of drug-likeness (QED) is 0.713. The van der Waals surface area contributed by atoms with Crippen LogP contribution in [0.25, 0.3) is 0 Å². The molecule has 0 atom stereocenters. The van der Waals surface area contributed by atoms with Gasteiger partial charge >= 0.3 is 0 Å². The Morgan fingerprint density at radius 3 is 2.29 bits per heavy atom. The van der Waals surface area contributed by atoms with Crippen molar-refractivity contribution in [1.82, 2.24) is 5.32 Å². The third-order valence-corrected chi connectivity index (χ3v) is 4.54. The van der Waals surface area contributed by atoms with Crippen molar-refractivity contribution in [2.45, 2.75) is 6.54 Å². The number of hydrogen-bond donors (Lipinski definition) is 1. The number of nitrogens with one attached hydrogen (secondary N) is 1. The topological polar surface area (TPSA) is 46.2 Å². The molecule has 0 saturated heterocycles. The number of halogens is 1. The van der Waals surface area contributed by atoms with Crippen molar-refractivity contribution in [2.75, 3.05) is 0 Å². The number of hydrogen-bond acceptors (Lipinski definition) is 3. The zero-order chi connectivity index (χ0) is 16.9. The fourth-order valence-electron chi connectivity index (χ4n) is 2.20. The molecule has 0 radical (unpaired) electrons. The van der Waals surface area contributed by atoms with Crippen LogP contribution in [0.15, 0.2) is 66.7 Å². The molecule has 0 aliphatic rings. The first kappa shape index (κ1) is 16.1. The first-order chi connectivity index (χ1) is 11.6. The van der Waals surface area contributed by atoms with Gasteiger partial charge in [-0.2, -0.15) is 0 Å². The zero-order valence-electron chi connectivity index (χ0n) is 12.7. The molecular weight excluding hydrogens is 325 g/mol. The van der Waals surface area contributed by atoms with E-state index in [-0.39, 0.29) is 17.5 Å². The van der Waals surface area contributed by atoms with Crippen LogP contribution in [0.5, 0.6) is 0 Å². The highest BCUT2D eigenvalue weighted by Crippen LogP contribution is 2.20. The minimum absolute atomic E-state index is 0.0308. The Kier molecular flexibility index (Phi) is 4.82. The maximum atomic E-state index is 12.9. The molecule has 1 heterocycles. The fraction of sp³-hybridized carbons (Fsp3) is 0.0526. The maximum absolute atomic E-state index is 12.9. The Morgan fingerprint density at radius 2 is 1.58 bits per heavy atom. The molecular formula is C19H14FNO2S. The highest BCUT2D eigenvalue weighted by atomic mass is 32.1. The van der Waals surface area contributed by atoms with Gasteiger partial charge in [-0.1, -0.05) is 30.3 Å². The summed E-state index contributed by atoms with van der Waals surface area (Å²) < 4.78 is 12.9. The summed E-state index contributed by atoms with van der Waals surface area (Å²) in [6.45, 7) is 0.322. The van der Waals surface area contributed by atoms with Gasteiger partial charge in [0.2, 0.25) is 5.78 Å². The lowest BCUT2D eigenvalue weighted by Gasteiger charge is -2.03. The third-order valence-electron chi connectivity index (χ3n) is 3.45. The molecule has 24 heavy (non-hydrogen) atoms. The summed E-state index contributed by atoms with van der Waals surface area (Å²) >= 11 is 1.35. The van der Waals surface area contributed by atoms with Crippen molar-refractivity contribution < 1.29 is 14.0 Å². The lowest BCUT2D eigenvalue weighted by molar-refractivity contribution is 0.0950. The van der Waals surface area contributed by atoms with Crippen LogP contribution in [0.2, 0.25) is 0 Å². The van der Waals surface area contributed by atoms with E-state index in [1.165, 1.54) is 35.6 Å². The van der Waals surface area contributed by atoms with Gasteiger partial charge in [-0.3, -0.25) is 9.59 Å². The van der Waals surface area contributed by atoms with Crippen molar-refractivity contribution in [3.8, 4) is 0 Å². The summed E-state index contributed by atoms with van der Waals surface area (Å²) in [6, 6.07) is 18.0. The molecule has 0 bridgehead atoms. The van der Waals surface area contributed by atoms with Crippen LogP contribution in [0.4, 0.5) is 4.39 Å². The van der Waals surface area contributed by atoms with Crippen LogP contribution < -0.4 is 5.32 Å². The number of thiophene rings is 1. The van der Waals surface area contributed by atoms with Gasteiger partial charge in [-0.05, 0) is 36.4 Å². The molecule has 3 rings (SSSR count). The molecule has 120 valence electrons. The van der Waals surface area contributed by atoms with Crippen LogP contribution in [0, 0.1) is 5.82 Å². The summed E-state index contributed by atoms with van der Waals surface area (Å²) in [7, 11) is 0. The number of carbonyl (C=O) groups is 2. The molecule has 3 aromatic rings. The average Bonchev–Trinajstić information content (AvgIpc) is 3.09. The van der Waals surface area contributed by atoms with Crippen LogP contribution in [0.3, 0.4) is 0 Å². The average molecular weight is 339 g/mol. The van der Waals surface area contributed by atoms with E-state index in [1.807, 2.05) is 24.3 Å². The van der Waals surface area contributed by atoms with Crippen molar-refractivity contribution >= 4 is 23.0 Å². The van der Waals surface area contributed by atoms with Crippen molar-refractivity contribution in [1.29, 1.82) is 0 Å². The standard InChI is InChI=1S/C19H14FNO2S/c20-15-8-6-14(7-9-15)19(23)21-12-16-10-11-17(24-16)18(22)13-4-2-1-3-5-13/h1-11H,12H2,(H,21,23). The Balaban J connectivity index is 1.63. The van der Waals surface area contributed by atoms with Gasteiger partial charge in [0.25, 0.3) is 5.91 Å². The Bertz CT molecular complexity index is 857. The Morgan fingerprint density at radius 1 is 0.875 bits per heavy atom. The molecule has 0 aliphatic heterocycles. The second-order valence-corrected chi connectivity index (χ2v) is 6.32. The number of amides is 1. The number of ketones is 1. The zero-order valence-corrected chi connectivity index (χ0v) is 13.5. The van der Waals surface area contributed by atoms with Gasteiger partial charge < -0.3 is 5.32 Å². The third kappa shape index (κ3) is 3.75. The Labute approximate surface area is 142 Å². The van der Waals surface area contributed by atoms with Gasteiger partial charge in [0, 0.05) is 16.0 Å². The smallest absolute Gasteiger partial charge is 0.251 e. The van der Waals surface area contributed by atoms with E-state index in [0.29, 0.717) is 22.5 Å². The van der Waals surface area contributed by atoms with Crippen LogP contribution >= 0.6 is 11.3 Å². The van der Waals surface area contributed by atoms with Crippen LogP contribution in [-0.4, -0.2) is 11.7 Å². The summed E-state index contributed by atoms with van der Waals surface area (Å²) in [5, 5.41) is 2.76. The normalized spacial score (nSPS) is 10.4. The molecule has 1 amide bonds. The van der Waals surface area contributed by atoms with E-state index in [9.17, 15) is 14.0 Å². The molecule has 3 nitrogen and oxygen atoms in total. The van der Waals surface area contributed by atoms with E-state index in [2.05, 4.69) is 5.32 Å². The molecule has 0 fully saturated rings. The Hall–Kier alpha value is -2.79. The molecule has 0 saturated carbocycles. The summed E-state index contributed by atoms with van der Waals surface area (Å²) in [5.41, 5.74) is 1.04.